The van der Waals surface area contributed by atoms with Crippen LogP contribution in [0, 0.1) is 5.92 Å². The van der Waals surface area contributed by atoms with Crippen LogP contribution < -0.4 is 0 Å². The first-order chi connectivity index (χ1) is 7.50. The Morgan fingerprint density at radius 2 is 2.06 bits per heavy atom. The molecular weight excluding hydrogens is 206 g/mol. The summed E-state index contributed by atoms with van der Waals surface area (Å²) in [5.74, 6) is -0.881. The molecule has 1 N–H and O–H groups in total. The fourth-order valence-electron chi connectivity index (χ4n) is 3.14. The summed E-state index contributed by atoms with van der Waals surface area (Å²) in [6, 6.07) is 0. The molecule has 0 aromatic heterocycles. The summed E-state index contributed by atoms with van der Waals surface area (Å²) in [7, 11) is 0. The third-order valence-corrected chi connectivity index (χ3v) is 3.83. The van der Waals surface area contributed by atoms with Gasteiger partial charge in [-0.1, -0.05) is 19.8 Å². The Labute approximate surface area is 96.6 Å². The third kappa shape index (κ3) is 1.81. The minimum absolute atomic E-state index is 0.0915. The van der Waals surface area contributed by atoms with Gasteiger partial charge in [0.25, 0.3) is 0 Å². The molecule has 1 saturated carbocycles. The lowest BCUT2D eigenvalue weighted by Crippen LogP contribution is -2.58. The number of likely N-dealkylation sites (N-methyl/N-ethyl adjacent to an activating group) is 1. The van der Waals surface area contributed by atoms with Gasteiger partial charge < -0.3 is 10.0 Å². The van der Waals surface area contributed by atoms with E-state index in [1.165, 1.54) is 11.8 Å². The van der Waals surface area contributed by atoms with E-state index in [0.29, 0.717) is 13.0 Å². The van der Waals surface area contributed by atoms with Crippen molar-refractivity contribution in [1.82, 2.24) is 4.90 Å². The van der Waals surface area contributed by atoms with Gasteiger partial charge in [-0.05, 0) is 25.7 Å². The zero-order valence-corrected chi connectivity index (χ0v) is 10.3. The summed E-state index contributed by atoms with van der Waals surface area (Å²) in [6.45, 7) is 5.77. The van der Waals surface area contributed by atoms with Crippen LogP contribution in [0.15, 0.2) is 0 Å². The van der Waals surface area contributed by atoms with Crippen LogP contribution in [0.2, 0.25) is 0 Å². The number of hydrogen-bond donors (Lipinski definition) is 1. The van der Waals surface area contributed by atoms with E-state index in [9.17, 15) is 14.7 Å². The van der Waals surface area contributed by atoms with Gasteiger partial charge in [0.05, 0.1) is 0 Å². The van der Waals surface area contributed by atoms with Crippen LogP contribution in [-0.2, 0) is 9.59 Å². The Balaban J connectivity index is 3.13. The summed E-state index contributed by atoms with van der Waals surface area (Å²) < 4.78 is 0. The predicted molar refractivity (Wildman–Crippen MR) is 61.1 cm³/mol. The molecule has 1 fully saturated rings. The van der Waals surface area contributed by atoms with Crippen molar-refractivity contribution in [2.24, 2.45) is 5.92 Å². The maximum absolute atomic E-state index is 11.6. The monoisotopic (exact) mass is 227 g/mol. The van der Waals surface area contributed by atoms with Crippen LogP contribution in [0.3, 0.4) is 0 Å². The van der Waals surface area contributed by atoms with E-state index >= 15 is 0 Å². The standard InChI is InChI=1S/C12H21NO3/c1-4-10-7-6-8-12(10,11(15)16)13(5-2)9(3)14/h10H,4-8H2,1-3H3,(H,15,16). The van der Waals surface area contributed by atoms with Crippen LogP contribution in [0.25, 0.3) is 0 Å². The second-order valence-corrected chi connectivity index (χ2v) is 4.49. The molecule has 4 heteroatoms. The molecule has 0 bridgehead atoms. The number of carbonyl (C=O) groups excluding carboxylic acids is 1. The normalized spacial score (nSPS) is 29.1. The Morgan fingerprint density at radius 3 is 2.44 bits per heavy atom. The van der Waals surface area contributed by atoms with Crippen LogP contribution in [0.1, 0.15) is 46.5 Å². The van der Waals surface area contributed by atoms with Crippen LogP contribution in [0.4, 0.5) is 0 Å². The molecule has 2 unspecified atom stereocenters. The number of carboxylic acid groups (broad SMARTS) is 1. The molecule has 0 saturated heterocycles. The van der Waals surface area contributed by atoms with Crippen molar-refractivity contribution in [3.8, 4) is 0 Å². The molecule has 0 spiro atoms. The van der Waals surface area contributed by atoms with Crippen molar-refractivity contribution < 1.29 is 14.7 Å². The van der Waals surface area contributed by atoms with E-state index in [0.717, 1.165) is 19.3 Å². The highest BCUT2D eigenvalue weighted by Crippen LogP contribution is 2.42. The molecule has 0 heterocycles. The van der Waals surface area contributed by atoms with E-state index in [2.05, 4.69) is 0 Å². The molecule has 92 valence electrons. The number of hydrogen-bond acceptors (Lipinski definition) is 2. The lowest BCUT2D eigenvalue weighted by molar-refractivity contribution is -0.161. The van der Waals surface area contributed by atoms with Crippen molar-refractivity contribution in [1.29, 1.82) is 0 Å². The smallest absolute Gasteiger partial charge is 0.329 e. The number of rotatable bonds is 4. The van der Waals surface area contributed by atoms with Crippen molar-refractivity contribution in [2.75, 3.05) is 6.54 Å². The van der Waals surface area contributed by atoms with E-state index in [1.807, 2.05) is 13.8 Å². The molecule has 2 atom stereocenters. The minimum atomic E-state index is -0.949. The first kappa shape index (κ1) is 13.0. The molecule has 0 radical (unpaired) electrons. The second-order valence-electron chi connectivity index (χ2n) is 4.49. The Morgan fingerprint density at radius 1 is 1.44 bits per heavy atom. The Kier molecular flexibility index (Phi) is 3.94. The number of aliphatic carboxylic acids is 1. The highest BCUT2D eigenvalue weighted by Gasteiger charge is 2.53. The SMILES string of the molecule is CCC1CCCC1(C(=O)O)N(CC)C(C)=O. The first-order valence-electron chi connectivity index (χ1n) is 6.02. The molecule has 4 nitrogen and oxygen atoms in total. The van der Waals surface area contributed by atoms with Crippen molar-refractivity contribution in [2.45, 2.75) is 52.0 Å². The topological polar surface area (TPSA) is 57.6 Å². The van der Waals surface area contributed by atoms with E-state index < -0.39 is 11.5 Å². The summed E-state index contributed by atoms with van der Waals surface area (Å²) in [5.41, 5.74) is -0.949. The fraction of sp³-hybridized carbons (Fsp3) is 0.833. The molecule has 1 amide bonds. The Bertz CT molecular complexity index is 290. The number of nitrogens with zero attached hydrogens (tertiary/aromatic N) is 1. The van der Waals surface area contributed by atoms with Crippen LogP contribution in [0.5, 0.6) is 0 Å². The molecule has 0 aromatic rings. The lowest BCUT2D eigenvalue weighted by Gasteiger charge is -2.41. The van der Waals surface area contributed by atoms with Gasteiger partial charge >= 0.3 is 5.97 Å². The molecule has 1 aliphatic rings. The first-order valence-corrected chi connectivity index (χ1v) is 6.02. The summed E-state index contributed by atoms with van der Waals surface area (Å²) in [6.07, 6.45) is 3.21. The molecule has 1 rings (SSSR count). The van der Waals surface area contributed by atoms with E-state index in [-0.39, 0.29) is 11.8 Å². The highest BCUT2D eigenvalue weighted by atomic mass is 16.4. The van der Waals surface area contributed by atoms with Crippen molar-refractivity contribution in [3.63, 3.8) is 0 Å². The molecular formula is C12H21NO3. The van der Waals surface area contributed by atoms with Crippen molar-refractivity contribution >= 4 is 11.9 Å². The largest absolute Gasteiger partial charge is 0.479 e. The fourth-order valence-corrected chi connectivity index (χ4v) is 3.14. The average molecular weight is 227 g/mol. The number of carboxylic acids is 1. The molecule has 0 aromatic carbocycles. The number of amides is 1. The van der Waals surface area contributed by atoms with Gasteiger partial charge in [-0.2, -0.15) is 0 Å². The zero-order valence-electron chi connectivity index (χ0n) is 10.3. The summed E-state index contributed by atoms with van der Waals surface area (Å²) in [5, 5.41) is 9.52. The minimum Gasteiger partial charge on any atom is -0.479 e. The average Bonchev–Trinajstić information content (AvgIpc) is 2.63. The maximum Gasteiger partial charge on any atom is 0.329 e. The van der Waals surface area contributed by atoms with Gasteiger partial charge in [0.2, 0.25) is 5.91 Å². The van der Waals surface area contributed by atoms with E-state index in [4.69, 9.17) is 0 Å². The predicted octanol–water partition coefficient (Wildman–Crippen LogP) is 1.89. The quantitative estimate of drug-likeness (QED) is 0.797. The second kappa shape index (κ2) is 4.85. The zero-order chi connectivity index (χ0) is 12.3. The van der Waals surface area contributed by atoms with Crippen molar-refractivity contribution in [3.05, 3.63) is 0 Å². The van der Waals surface area contributed by atoms with Gasteiger partial charge in [-0.3, -0.25) is 4.79 Å². The lowest BCUT2D eigenvalue weighted by atomic mass is 9.83. The van der Waals surface area contributed by atoms with Gasteiger partial charge in [0.15, 0.2) is 0 Å². The van der Waals surface area contributed by atoms with Gasteiger partial charge in [0.1, 0.15) is 5.54 Å². The third-order valence-electron chi connectivity index (χ3n) is 3.83. The van der Waals surface area contributed by atoms with Gasteiger partial charge in [-0.15, -0.1) is 0 Å². The molecule has 1 aliphatic carbocycles. The van der Waals surface area contributed by atoms with Crippen LogP contribution in [-0.4, -0.2) is 34.0 Å². The highest BCUT2D eigenvalue weighted by molar-refractivity contribution is 5.86. The molecule has 16 heavy (non-hydrogen) atoms. The summed E-state index contributed by atoms with van der Waals surface area (Å²) >= 11 is 0. The Hall–Kier alpha value is -1.06. The van der Waals surface area contributed by atoms with E-state index in [1.54, 1.807) is 0 Å². The molecule has 0 aliphatic heterocycles. The van der Waals surface area contributed by atoms with Gasteiger partial charge in [-0.25, -0.2) is 4.79 Å². The van der Waals surface area contributed by atoms with Gasteiger partial charge in [0, 0.05) is 13.5 Å². The van der Waals surface area contributed by atoms with Crippen LogP contribution >= 0.6 is 0 Å². The number of carbonyl (C=O) groups is 2. The maximum atomic E-state index is 11.6. The summed E-state index contributed by atoms with van der Waals surface area (Å²) in [4.78, 5) is 24.7.